The van der Waals surface area contributed by atoms with Crippen molar-refractivity contribution >= 4 is 19.9 Å². The summed E-state index contributed by atoms with van der Waals surface area (Å²) >= 11 is 5.79. The molecule has 1 N–H and O–H groups in total. The van der Waals surface area contributed by atoms with Crippen molar-refractivity contribution in [3.63, 3.8) is 0 Å². The predicted octanol–water partition coefficient (Wildman–Crippen LogP) is 4.75. The van der Waals surface area contributed by atoms with Crippen molar-refractivity contribution in [3.8, 4) is 0 Å². The zero-order chi connectivity index (χ0) is 15.2. The number of unbranched alkanes of at least 4 members (excludes halogenated alkanes) is 1. The molecule has 1 atom stereocenters. The summed E-state index contributed by atoms with van der Waals surface area (Å²) in [5.74, 6) is 0.733. The van der Waals surface area contributed by atoms with E-state index >= 15 is 0 Å². The van der Waals surface area contributed by atoms with Gasteiger partial charge < -0.3 is 4.43 Å². The van der Waals surface area contributed by atoms with E-state index in [-0.39, 0.29) is 11.1 Å². The van der Waals surface area contributed by atoms with Gasteiger partial charge in [-0.3, -0.25) is 5.10 Å². The fourth-order valence-corrected chi connectivity index (χ4v) is 3.48. The molecule has 1 aromatic rings. The highest BCUT2D eigenvalue weighted by molar-refractivity contribution is 6.74. The molecule has 0 amide bonds. The molecule has 1 aromatic heterocycles. The Balaban J connectivity index is 2.66. The maximum atomic E-state index is 6.57. The van der Waals surface area contributed by atoms with Crippen LogP contribution in [0.2, 0.25) is 18.1 Å². The van der Waals surface area contributed by atoms with Crippen LogP contribution in [-0.2, 0) is 10.8 Å². The zero-order valence-electron chi connectivity index (χ0n) is 13.5. The fourth-order valence-electron chi connectivity index (χ4n) is 1.91. The summed E-state index contributed by atoms with van der Waals surface area (Å²) < 4.78 is 6.57. The fraction of sp³-hybridized carbons (Fsp3) is 0.800. The van der Waals surface area contributed by atoms with E-state index in [0.717, 1.165) is 37.3 Å². The number of aromatic amines is 1. The second-order valence-electron chi connectivity index (χ2n) is 6.97. The highest BCUT2D eigenvalue weighted by Gasteiger charge is 2.39. The maximum Gasteiger partial charge on any atom is 0.192 e. The van der Waals surface area contributed by atoms with Gasteiger partial charge in [-0.15, -0.1) is 11.6 Å². The van der Waals surface area contributed by atoms with E-state index in [9.17, 15) is 0 Å². The Morgan fingerprint density at radius 3 is 2.55 bits per heavy atom. The van der Waals surface area contributed by atoms with Gasteiger partial charge in [-0.2, -0.15) is 5.10 Å². The van der Waals surface area contributed by atoms with Gasteiger partial charge in [-0.25, -0.2) is 0 Å². The van der Waals surface area contributed by atoms with E-state index < -0.39 is 8.32 Å². The Bertz CT molecular complexity index is 374. The van der Waals surface area contributed by atoms with Gasteiger partial charge in [0.1, 0.15) is 0 Å². The van der Waals surface area contributed by atoms with Crippen LogP contribution in [0.4, 0.5) is 0 Å². The molecule has 0 spiro atoms. The normalized spacial score (nSPS) is 14.5. The Morgan fingerprint density at radius 2 is 2.05 bits per heavy atom. The van der Waals surface area contributed by atoms with Crippen LogP contribution in [-0.4, -0.2) is 30.5 Å². The van der Waals surface area contributed by atoms with Crippen molar-refractivity contribution < 1.29 is 4.43 Å². The third kappa shape index (κ3) is 5.58. The first-order valence-corrected chi connectivity index (χ1v) is 10.9. The molecule has 0 radical (unpaired) electrons. The van der Waals surface area contributed by atoms with Crippen LogP contribution in [0.25, 0.3) is 0 Å². The number of alkyl halides is 1. The minimum absolute atomic E-state index is 0.242. The first kappa shape index (κ1) is 17.7. The minimum Gasteiger partial charge on any atom is -0.414 e. The largest absolute Gasteiger partial charge is 0.414 e. The molecular formula is C15H29ClN2OSi. The van der Waals surface area contributed by atoms with E-state index in [1.165, 1.54) is 0 Å². The van der Waals surface area contributed by atoms with Crippen molar-refractivity contribution in [3.05, 3.63) is 18.0 Å². The molecule has 3 nitrogen and oxygen atoms in total. The number of rotatable bonds is 8. The van der Waals surface area contributed by atoms with Crippen LogP contribution < -0.4 is 0 Å². The Hall–Kier alpha value is -0.323. The average Bonchev–Trinajstić information content (AvgIpc) is 2.80. The van der Waals surface area contributed by atoms with Gasteiger partial charge in [0.15, 0.2) is 8.32 Å². The van der Waals surface area contributed by atoms with Crippen LogP contribution in [0.5, 0.6) is 0 Å². The van der Waals surface area contributed by atoms with Gasteiger partial charge in [0.25, 0.3) is 0 Å². The molecule has 0 saturated carbocycles. The monoisotopic (exact) mass is 316 g/mol. The number of nitrogens with zero attached hydrogens (tertiary/aromatic N) is 1. The Kier molecular flexibility index (Phi) is 6.75. The van der Waals surface area contributed by atoms with E-state index in [1.807, 2.05) is 6.07 Å². The summed E-state index contributed by atoms with van der Waals surface area (Å²) in [5.41, 5.74) is 1.15. The molecule has 0 fully saturated rings. The van der Waals surface area contributed by atoms with Crippen molar-refractivity contribution in [1.82, 2.24) is 10.2 Å². The molecule has 20 heavy (non-hydrogen) atoms. The molecule has 0 aliphatic heterocycles. The quantitative estimate of drug-likeness (QED) is 0.427. The highest BCUT2D eigenvalue weighted by atomic mass is 35.5. The number of H-pyrrole nitrogens is 1. The maximum absolute atomic E-state index is 6.57. The molecule has 116 valence electrons. The third-order valence-electron chi connectivity index (χ3n) is 4.18. The summed E-state index contributed by atoms with van der Waals surface area (Å²) in [6, 6.07) is 2.03. The standard InChI is InChI=1S/C15H29ClN2OSi/c1-15(2,3)20(4,5)19-14(8-6-7-10-16)12-13-9-11-17-18-13/h9,11,14H,6-8,10,12H2,1-5H3,(H,17,18). The Morgan fingerprint density at radius 1 is 1.35 bits per heavy atom. The second-order valence-corrected chi connectivity index (χ2v) is 12.1. The summed E-state index contributed by atoms with van der Waals surface area (Å²) in [6.45, 7) is 11.5. The number of aromatic nitrogens is 2. The van der Waals surface area contributed by atoms with Crippen LogP contribution >= 0.6 is 11.6 Å². The number of hydrogen-bond acceptors (Lipinski definition) is 2. The lowest BCUT2D eigenvalue weighted by atomic mass is 10.1. The van der Waals surface area contributed by atoms with E-state index in [0.29, 0.717) is 0 Å². The van der Waals surface area contributed by atoms with Gasteiger partial charge in [-0.05, 0) is 43.5 Å². The summed E-state index contributed by atoms with van der Waals surface area (Å²) in [5, 5.41) is 7.31. The van der Waals surface area contributed by atoms with E-state index in [4.69, 9.17) is 16.0 Å². The van der Waals surface area contributed by atoms with Gasteiger partial charge >= 0.3 is 0 Å². The molecule has 5 heteroatoms. The molecule has 1 heterocycles. The first-order chi connectivity index (χ1) is 9.26. The average molecular weight is 317 g/mol. The third-order valence-corrected chi connectivity index (χ3v) is 8.99. The molecule has 1 rings (SSSR count). The summed E-state index contributed by atoms with van der Waals surface area (Å²) in [4.78, 5) is 0. The highest BCUT2D eigenvalue weighted by Crippen LogP contribution is 2.38. The van der Waals surface area contributed by atoms with Crippen LogP contribution in [0, 0.1) is 0 Å². The minimum atomic E-state index is -1.73. The van der Waals surface area contributed by atoms with Crippen LogP contribution in [0.1, 0.15) is 45.7 Å². The van der Waals surface area contributed by atoms with Crippen LogP contribution in [0.3, 0.4) is 0 Å². The van der Waals surface area contributed by atoms with Gasteiger partial charge in [0.05, 0.1) is 6.10 Å². The smallest absolute Gasteiger partial charge is 0.192 e. The van der Waals surface area contributed by atoms with Gasteiger partial charge in [0.2, 0.25) is 0 Å². The second kappa shape index (κ2) is 7.62. The van der Waals surface area contributed by atoms with Gasteiger partial charge in [0, 0.05) is 24.2 Å². The SMILES string of the molecule is CC(C)(C)[Si](C)(C)OC(CCCCCl)Cc1ccn[nH]1. The zero-order valence-corrected chi connectivity index (χ0v) is 15.3. The Labute approximate surface area is 129 Å². The first-order valence-electron chi connectivity index (χ1n) is 7.48. The molecule has 0 aromatic carbocycles. The molecule has 0 saturated heterocycles. The lowest BCUT2D eigenvalue weighted by molar-refractivity contribution is 0.167. The predicted molar refractivity (Wildman–Crippen MR) is 88.9 cm³/mol. The van der Waals surface area contributed by atoms with Crippen molar-refractivity contribution in [1.29, 1.82) is 0 Å². The number of halogens is 1. The summed E-state index contributed by atoms with van der Waals surface area (Å²) in [6.07, 6.45) is 6.23. The van der Waals surface area contributed by atoms with E-state index in [1.54, 1.807) is 6.20 Å². The lowest BCUT2D eigenvalue weighted by Gasteiger charge is -2.39. The topological polar surface area (TPSA) is 37.9 Å². The number of nitrogens with one attached hydrogen (secondary N) is 1. The lowest BCUT2D eigenvalue weighted by Crippen LogP contribution is -2.44. The van der Waals surface area contributed by atoms with Gasteiger partial charge in [-0.1, -0.05) is 20.8 Å². The number of hydrogen-bond donors (Lipinski definition) is 1. The van der Waals surface area contributed by atoms with Crippen molar-refractivity contribution in [2.45, 2.75) is 70.7 Å². The molecule has 0 aliphatic rings. The summed E-state index contributed by atoms with van der Waals surface area (Å²) in [7, 11) is -1.73. The molecule has 0 aliphatic carbocycles. The molecule has 0 bridgehead atoms. The molecule has 1 unspecified atom stereocenters. The molecular weight excluding hydrogens is 288 g/mol. The van der Waals surface area contributed by atoms with Crippen molar-refractivity contribution in [2.75, 3.05) is 5.88 Å². The van der Waals surface area contributed by atoms with E-state index in [2.05, 4.69) is 44.1 Å². The van der Waals surface area contributed by atoms with Crippen LogP contribution in [0.15, 0.2) is 12.3 Å². The van der Waals surface area contributed by atoms with Crippen molar-refractivity contribution in [2.24, 2.45) is 0 Å².